The largest absolute Gasteiger partial charge is 0.382 e. The number of aromatic nitrogens is 4. The number of thiazole rings is 1. The second kappa shape index (κ2) is 8.93. The van der Waals surface area contributed by atoms with Crippen molar-refractivity contribution >= 4 is 39.9 Å². The number of hydrogen-bond acceptors (Lipinski definition) is 7. The van der Waals surface area contributed by atoms with Crippen LogP contribution in [0.15, 0.2) is 48.1 Å². The maximum atomic E-state index is 12.6. The SMILES string of the molecule is COCC(NC(=O)Nc1cc2[nH]nc(N3CCc4ncsc4C3)c2cn1)c1ccccc1. The summed E-state index contributed by atoms with van der Waals surface area (Å²) in [7, 11) is 1.61. The van der Waals surface area contributed by atoms with E-state index < -0.39 is 0 Å². The van der Waals surface area contributed by atoms with Gasteiger partial charge in [0.2, 0.25) is 0 Å². The molecule has 32 heavy (non-hydrogen) atoms. The van der Waals surface area contributed by atoms with Crippen LogP contribution in [0.3, 0.4) is 0 Å². The Hall–Kier alpha value is -3.50. The van der Waals surface area contributed by atoms with Crippen LogP contribution in [-0.2, 0) is 17.7 Å². The number of methoxy groups -OCH3 is 1. The lowest BCUT2D eigenvalue weighted by Crippen LogP contribution is -2.35. The molecule has 1 unspecified atom stereocenters. The number of benzene rings is 1. The summed E-state index contributed by atoms with van der Waals surface area (Å²) >= 11 is 1.68. The smallest absolute Gasteiger partial charge is 0.320 e. The molecule has 1 aliphatic heterocycles. The van der Waals surface area contributed by atoms with Gasteiger partial charge in [-0.2, -0.15) is 5.10 Å². The topological polar surface area (TPSA) is 108 Å². The number of rotatable bonds is 6. The summed E-state index contributed by atoms with van der Waals surface area (Å²) in [6, 6.07) is 10.9. The molecule has 0 saturated carbocycles. The van der Waals surface area contributed by atoms with Gasteiger partial charge in [0.1, 0.15) is 5.82 Å². The van der Waals surface area contributed by atoms with Crippen molar-refractivity contribution in [1.29, 1.82) is 0 Å². The number of aromatic amines is 1. The highest BCUT2D eigenvalue weighted by atomic mass is 32.1. The Morgan fingerprint density at radius 1 is 1.31 bits per heavy atom. The van der Waals surface area contributed by atoms with E-state index in [0.29, 0.717) is 12.4 Å². The fourth-order valence-corrected chi connectivity index (χ4v) is 4.72. The van der Waals surface area contributed by atoms with Gasteiger partial charge >= 0.3 is 6.03 Å². The summed E-state index contributed by atoms with van der Waals surface area (Å²) in [5.41, 5.74) is 4.87. The Morgan fingerprint density at radius 3 is 3.03 bits per heavy atom. The molecule has 4 heterocycles. The lowest BCUT2D eigenvalue weighted by molar-refractivity contribution is 0.168. The maximum Gasteiger partial charge on any atom is 0.320 e. The number of anilines is 2. The van der Waals surface area contributed by atoms with E-state index in [9.17, 15) is 4.79 Å². The molecule has 3 aromatic heterocycles. The van der Waals surface area contributed by atoms with E-state index in [2.05, 4.69) is 35.7 Å². The lowest BCUT2D eigenvalue weighted by atomic mass is 10.1. The zero-order chi connectivity index (χ0) is 21.9. The number of carbonyl (C=O) groups is 1. The minimum Gasteiger partial charge on any atom is -0.382 e. The zero-order valence-electron chi connectivity index (χ0n) is 17.5. The molecule has 1 atom stereocenters. The van der Waals surface area contributed by atoms with Gasteiger partial charge in [0.25, 0.3) is 0 Å². The average Bonchev–Trinajstić information content (AvgIpc) is 3.45. The molecular weight excluding hydrogens is 426 g/mol. The Kier molecular flexibility index (Phi) is 5.70. The number of hydrogen-bond donors (Lipinski definition) is 3. The fraction of sp³-hybridized carbons (Fsp3) is 0.273. The molecule has 0 aliphatic carbocycles. The highest BCUT2D eigenvalue weighted by molar-refractivity contribution is 7.09. The molecule has 1 aliphatic rings. The zero-order valence-corrected chi connectivity index (χ0v) is 18.4. The van der Waals surface area contributed by atoms with E-state index in [1.165, 1.54) is 10.6 Å². The number of pyridine rings is 1. The first-order valence-corrected chi connectivity index (χ1v) is 11.2. The van der Waals surface area contributed by atoms with Crippen LogP contribution in [-0.4, -0.2) is 46.5 Å². The molecule has 0 saturated heterocycles. The van der Waals surface area contributed by atoms with Crippen LogP contribution < -0.4 is 15.5 Å². The first-order valence-electron chi connectivity index (χ1n) is 10.3. The molecule has 10 heteroatoms. The molecule has 9 nitrogen and oxygen atoms in total. The highest BCUT2D eigenvalue weighted by Crippen LogP contribution is 2.30. The summed E-state index contributed by atoms with van der Waals surface area (Å²) in [5.74, 6) is 1.31. The number of carbonyl (C=O) groups excluding carboxylic acids is 1. The monoisotopic (exact) mass is 449 g/mol. The third-order valence-corrected chi connectivity index (χ3v) is 6.35. The molecule has 0 bridgehead atoms. The second-order valence-electron chi connectivity index (χ2n) is 7.57. The van der Waals surface area contributed by atoms with Crippen molar-refractivity contribution in [3.63, 3.8) is 0 Å². The molecule has 2 amide bonds. The van der Waals surface area contributed by atoms with E-state index in [0.717, 1.165) is 41.8 Å². The predicted molar refractivity (Wildman–Crippen MR) is 124 cm³/mol. The summed E-state index contributed by atoms with van der Waals surface area (Å²) < 4.78 is 5.27. The van der Waals surface area contributed by atoms with Gasteiger partial charge in [0.05, 0.1) is 41.3 Å². The van der Waals surface area contributed by atoms with Crippen molar-refractivity contribution in [3.8, 4) is 0 Å². The molecule has 0 fully saturated rings. The second-order valence-corrected chi connectivity index (χ2v) is 8.51. The standard InChI is InChI=1S/C22H23N7O2S/c1-31-12-18(14-5-3-2-4-6-14)25-22(30)26-20-9-17-15(10-23-20)21(28-27-17)29-8-7-16-19(11-29)32-13-24-16/h2-6,9-10,13,18H,7-8,11-12H2,1H3,(H,27,28)(H2,23,25,26,30). The van der Waals surface area contributed by atoms with Crippen molar-refractivity contribution in [3.05, 3.63) is 64.2 Å². The van der Waals surface area contributed by atoms with Gasteiger partial charge in [-0.15, -0.1) is 11.3 Å². The van der Waals surface area contributed by atoms with Crippen molar-refractivity contribution < 1.29 is 9.53 Å². The van der Waals surface area contributed by atoms with E-state index in [-0.39, 0.29) is 12.1 Å². The molecule has 164 valence electrons. The Morgan fingerprint density at radius 2 is 2.19 bits per heavy atom. The average molecular weight is 450 g/mol. The normalized spacial score (nSPS) is 14.2. The van der Waals surface area contributed by atoms with Crippen LogP contribution >= 0.6 is 11.3 Å². The third kappa shape index (κ3) is 4.14. The molecule has 4 aromatic rings. The summed E-state index contributed by atoms with van der Waals surface area (Å²) in [6.45, 7) is 2.02. The van der Waals surface area contributed by atoms with Crippen LogP contribution in [0.5, 0.6) is 0 Å². The van der Waals surface area contributed by atoms with Gasteiger partial charge in [-0.1, -0.05) is 30.3 Å². The van der Waals surface area contributed by atoms with Gasteiger partial charge in [-0.05, 0) is 5.56 Å². The first kappa shape index (κ1) is 20.4. The highest BCUT2D eigenvalue weighted by Gasteiger charge is 2.22. The number of H-pyrrole nitrogens is 1. The van der Waals surface area contributed by atoms with Crippen LogP contribution in [0, 0.1) is 0 Å². The van der Waals surface area contributed by atoms with E-state index in [4.69, 9.17) is 4.74 Å². The number of urea groups is 1. The number of nitrogens with zero attached hydrogens (tertiary/aromatic N) is 4. The number of nitrogens with one attached hydrogen (secondary N) is 3. The maximum absolute atomic E-state index is 12.6. The molecule has 0 spiro atoms. The number of fused-ring (bicyclic) bond motifs is 2. The van der Waals surface area contributed by atoms with E-state index in [1.807, 2.05) is 35.8 Å². The quantitative estimate of drug-likeness (QED) is 0.416. The van der Waals surface area contributed by atoms with Crippen molar-refractivity contribution in [2.24, 2.45) is 0 Å². The van der Waals surface area contributed by atoms with Gasteiger partial charge in [0.15, 0.2) is 5.82 Å². The molecule has 3 N–H and O–H groups in total. The van der Waals surface area contributed by atoms with E-state index >= 15 is 0 Å². The Balaban J connectivity index is 1.29. The van der Waals surface area contributed by atoms with Crippen LogP contribution in [0.25, 0.3) is 10.9 Å². The van der Waals surface area contributed by atoms with Crippen LogP contribution in [0.1, 0.15) is 22.2 Å². The van der Waals surface area contributed by atoms with Crippen LogP contribution in [0.2, 0.25) is 0 Å². The van der Waals surface area contributed by atoms with Gasteiger partial charge in [0, 0.05) is 37.2 Å². The minimum atomic E-state index is -0.351. The van der Waals surface area contributed by atoms with Gasteiger partial charge in [-0.25, -0.2) is 14.8 Å². The fourth-order valence-electron chi connectivity index (χ4n) is 3.89. The van der Waals surface area contributed by atoms with Gasteiger partial charge in [-0.3, -0.25) is 10.4 Å². The van der Waals surface area contributed by atoms with E-state index in [1.54, 1.807) is 30.7 Å². The Bertz CT molecular complexity index is 1220. The van der Waals surface area contributed by atoms with Gasteiger partial charge < -0.3 is 15.0 Å². The molecule has 1 aromatic carbocycles. The predicted octanol–water partition coefficient (Wildman–Crippen LogP) is 3.49. The number of amides is 2. The summed E-state index contributed by atoms with van der Waals surface area (Å²) in [4.78, 5) is 25.0. The van der Waals surface area contributed by atoms with Crippen molar-refractivity contribution in [2.75, 3.05) is 30.5 Å². The Labute approximate surface area is 188 Å². The minimum absolute atomic E-state index is 0.264. The third-order valence-electron chi connectivity index (χ3n) is 5.49. The summed E-state index contributed by atoms with van der Waals surface area (Å²) in [5, 5.41) is 14.2. The lowest BCUT2D eigenvalue weighted by Gasteiger charge is -2.26. The molecular formula is C22H23N7O2S. The summed E-state index contributed by atoms with van der Waals surface area (Å²) in [6.07, 6.45) is 2.65. The molecule has 0 radical (unpaired) electrons. The van der Waals surface area contributed by atoms with Crippen molar-refractivity contribution in [1.82, 2.24) is 25.5 Å². The first-order chi connectivity index (χ1) is 15.7. The molecule has 5 rings (SSSR count). The van der Waals surface area contributed by atoms with Crippen molar-refractivity contribution in [2.45, 2.75) is 19.0 Å². The van der Waals surface area contributed by atoms with Crippen LogP contribution in [0.4, 0.5) is 16.4 Å². The number of ether oxygens (including phenoxy) is 1.